The SMILES string of the molecule is CC(=O)NC1CCN(c2cccc(Cl)c2C=O)C1. The molecule has 1 N–H and O–H groups in total. The third-order valence-electron chi connectivity index (χ3n) is 3.08. The Balaban J connectivity index is 2.16. The maximum atomic E-state index is 11.1. The van der Waals surface area contributed by atoms with E-state index in [-0.39, 0.29) is 11.9 Å². The van der Waals surface area contributed by atoms with Gasteiger partial charge in [-0.3, -0.25) is 9.59 Å². The Labute approximate surface area is 111 Å². The van der Waals surface area contributed by atoms with E-state index >= 15 is 0 Å². The Hall–Kier alpha value is -1.55. The number of nitrogens with one attached hydrogen (secondary N) is 1. The van der Waals surface area contributed by atoms with Crippen LogP contribution < -0.4 is 10.2 Å². The molecule has 1 aliphatic heterocycles. The lowest BCUT2D eigenvalue weighted by atomic mass is 10.2. The van der Waals surface area contributed by atoms with Crippen LogP contribution in [0, 0.1) is 0 Å². The molecule has 1 aliphatic rings. The summed E-state index contributed by atoms with van der Waals surface area (Å²) in [6, 6.07) is 5.55. The van der Waals surface area contributed by atoms with Crippen molar-refractivity contribution in [2.24, 2.45) is 0 Å². The Morgan fingerprint density at radius 1 is 1.56 bits per heavy atom. The minimum Gasteiger partial charge on any atom is -0.369 e. The maximum absolute atomic E-state index is 11.1. The van der Waals surface area contributed by atoms with Crippen molar-refractivity contribution in [2.75, 3.05) is 18.0 Å². The van der Waals surface area contributed by atoms with E-state index < -0.39 is 0 Å². The number of amides is 1. The van der Waals surface area contributed by atoms with Gasteiger partial charge in [-0.2, -0.15) is 0 Å². The first-order valence-electron chi connectivity index (χ1n) is 5.87. The lowest BCUT2D eigenvalue weighted by Crippen LogP contribution is -2.35. The molecule has 1 aromatic rings. The quantitative estimate of drug-likeness (QED) is 0.850. The van der Waals surface area contributed by atoms with Gasteiger partial charge in [-0.05, 0) is 18.6 Å². The lowest BCUT2D eigenvalue weighted by Gasteiger charge is -2.21. The van der Waals surface area contributed by atoms with Gasteiger partial charge in [-0.25, -0.2) is 0 Å². The monoisotopic (exact) mass is 266 g/mol. The van der Waals surface area contributed by atoms with Crippen LogP contribution in [0.4, 0.5) is 5.69 Å². The van der Waals surface area contributed by atoms with Crippen molar-refractivity contribution in [1.29, 1.82) is 0 Å². The van der Waals surface area contributed by atoms with E-state index in [0.29, 0.717) is 17.1 Å². The van der Waals surface area contributed by atoms with Gasteiger partial charge in [-0.15, -0.1) is 0 Å². The molecule has 0 saturated carbocycles. The normalized spacial score (nSPS) is 18.8. The van der Waals surface area contributed by atoms with Crippen LogP contribution in [0.2, 0.25) is 5.02 Å². The predicted molar refractivity (Wildman–Crippen MR) is 71.3 cm³/mol. The molecule has 18 heavy (non-hydrogen) atoms. The molecular formula is C13H15ClN2O2. The molecule has 4 nitrogen and oxygen atoms in total. The molecule has 1 heterocycles. The molecule has 1 aromatic carbocycles. The van der Waals surface area contributed by atoms with E-state index in [1.165, 1.54) is 6.92 Å². The van der Waals surface area contributed by atoms with Gasteiger partial charge < -0.3 is 10.2 Å². The number of carbonyl (C=O) groups is 2. The van der Waals surface area contributed by atoms with Gasteiger partial charge in [-0.1, -0.05) is 17.7 Å². The second kappa shape index (κ2) is 5.40. The van der Waals surface area contributed by atoms with Crippen molar-refractivity contribution < 1.29 is 9.59 Å². The highest BCUT2D eigenvalue weighted by Gasteiger charge is 2.25. The van der Waals surface area contributed by atoms with Gasteiger partial charge in [0.1, 0.15) is 0 Å². The van der Waals surface area contributed by atoms with Crippen LogP contribution in [0.25, 0.3) is 0 Å². The molecule has 0 spiro atoms. The number of carbonyl (C=O) groups excluding carboxylic acids is 2. The molecule has 1 amide bonds. The van der Waals surface area contributed by atoms with Gasteiger partial charge in [0.15, 0.2) is 6.29 Å². The number of aldehydes is 1. The van der Waals surface area contributed by atoms with Crippen molar-refractivity contribution in [3.63, 3.8) is 0 Å². The molecule has 1 saturated heterocycles. The number of hydrogen-bond acceptors (Lipinski definition) is 3. The second-order valence-electron chi connectivity index (χ2n) is 4.42. The number of rotatable bonds is 3. The van der Waals surface area contributed by atoms with Gasteiger partial charge in [0, 0.05) is 31.7 Å². The Bertz CT molecular complexity index is 476. The smallest absolute Gasteiger partial charge is 0.217 e. The molecule has 96 valence electrons. The van der Waals surface area contributed by atoms with Crippen LogP contribution in [-0.4, -0.2) is 31.3 Å². The van der Waals surface area contributed by atoms with Crippen LogP contribution in [-0.2, 0) is 4.79 Å². The van der Waals surface area contributed by atoms with Crippen LogP contribution in [0.5, 0.6) is 0 Å². The molecule has 0 aliphatic carbocycles. The molecule has 1 fully saturated rings. The molecule has 1 atom stereocenters. The first-order chi connectivity index (χ1) is 8.61. The minimum absolute atomic E-state index is 0.0245. The zero-order valence-corrected chi connectivity index (χ0v) is 10.9. The van der Waals surface area contributed by atoms with Crippen molar-refractivity contribution in [2.45, 2.75) is 19.4 Å². The lowest BCUT2D eigenvalue weighted by molar-refractivity contribution is -0.119. The highest BCUT2D eigenvalue weighted by Crippen LogP contribution is 2.28. The van der Waals surface area contributed by atoms with E-state index in [1.807, 2.05) is 12.1 Å². The molecular weight excluding hydrogens is 252 g/mol. The van der Waals surface area contributed by atoms with Crippen LogP contribution in [0.1, 0.15) is 23.7 Å². The predicted octanol–water partition coefficient (Wildman–Crippen LogP) is 1.87. The molecule has 0 radical (unpaired) electrons. The van der Waals surface area contributed by atoms with Gasteiger partial charge in [0.05, 0.1) is 10.6 Å². The molecule has 5 heteroatoms. The van der Waals surface area contributed by atoms with E-state index in [2.05, 4.69) is 10.2 Å². The molecule has 1 unspecified atom stereocenters. The first kappa shape index (κ1) is 12.9. The maximum Gasteiger partial charge on any atom is 0.217 e. The number of hydrogen-bond donors (Lipinski definition) is 1. The highest BCUT2D eigenvalue weighted by molar-refractivity contribution is 6.33. The standard InChI is InChI=1S/C13H15ClN2O2/c1-9(18)15-10-5-6-16(7-10)13-4-2-3-12(14)11(13)8-17/h2-4,8,10H,5-7H2,1H3,(H,15,18). The van der Waals surface area contributed by atoms with E-state index in [9.17, 15) is 9.59 Å². The average Bonchev–Trinajstić information content (AvgIpc) is 2.76. The van der Waals surface area contributed by atoms with Crippen LogP contribution >= 0.6 is 11.6 Å². The summed E-state index contributed by atoms with van der Waals surface area (Å²) in [5.41, 5.74) is 1.35. The first-order valence-corrected chi connectivity index (χ1v) is 6.25. The summed E-state index contributed by atoms with van der Waals surface area (Å²) in [5.74, 6) is -0.0245. The zero-order chi connectivity index (χ0) is 13.1. The Morgan fingerprint density at radius 3 is 3.00 bits per heavy atom. The zero-order valence-electron chi connectivity index (χ0n) is 10.1. The van der Waals surface area contributed by atoms with Crippen molar-refractivity contribution in [3.8, 4) is 0 Å². The summed E-state index contributed by atoms with van der Waals surface area (Å²) in [6.45, 7) is 3.03. The molecule has 2 rings (SSSR count). The molecule has 0 aromatic heterocycles. The fourth-order valence-corrected chi connectivity index (χ4v) is 2.52. The molecule has 0 bridgehead atoms. The summed E-state index contributed by atoms with van der Waals surface area (Å²) < 4.78 is 0. The van der Waals surface area contributed by atoms with Crippen molar-refractivity contribution in [1.82, 2.24) is 5.32 Å². The third kappa shape index (κ3) is 2.64. The van der Waals surface area contributed by atoms with Gasteiger partial charge in [0.25, 0.3) is 0 Å². The highest BCUT2D eigenvalue weighted by atomic mass is 35.5. The van der Waals surface area contributed by atoms with Crippen LogP contribution in [0.3, 0.4) is 0 Å². The minimum atomic E-state index is -0.0245. The number of halogens is 1. The summed E-state index contributed by atoms with van der Waals surface area (Å²) in [4.78, 5) is 24.2. The van der Waals surface area contributed by atoms with Gasteiger partial charge in [0.2, 0.25) is 5.91 Å². The van der Waals surface area contributed by atoms with Crippen molar-refractivity contribution in [3.05, 3.63) is 28.8 Å². The summed E-state index contributed by atoms with van der Waals surface area (Å²) in [7, 11) is 0. The van der Waals surface area contributed by atoms with Gasteiger partial charge >= 0.3 is 0 Å². The number of benzene rings is 1. The summed E-state index contributed by atoms with van der Waals surface area (Å²) >= 11 is 6.00. The summed E-state index contributed by atoms with van der Waals surface area (Å²) in [6.07, 6.45) is 1.66. The Kier molecular flexibility index (Phi) is 3.87. The topological polar surface area (TPSA) is 49.4 Å². The van der Waals surface area contributed by atoms with E-state index in [4.69, 9.17) is 11.6 Å². The fraction of sp³-hybridized carbons (Fsp3) is 0.385. The third-order valence-corrected chi connectivity index (χ3v) is 3.41. The summed E-state index contributed by atoms with van der Waals surface area (Å²) in [5, 5.41) is 3.36. The largest absolute Gasteiger partial charge is 0.369 e. The van der Waals surface area contributed by atoms with E-state index in [0.717, 1.165) is 24.9 Å². The second-order valence-corrected chi connectivity index (χ2v) is 4.83. The van der Waals surface area contributed by atoms with E-state index in [1.54, 1.807) is 6.07 Å². The number of anilines is 1. The average molecular weight is 267 g/mol. The fourth-order valence-electron chi connectivity index (χ4n) is 2.30. The van der Waals surface area contributed by atoms with Crippen molar-refractivity contribution >= 4 is 29.5 Å². The Morgan fingerprint density at radius 2 is 2.33 bits per heavy atom. The number of nitrogens with zero attached hydrogens (tertiary/aromatic N) is 1. The van der Waals surface area contributed by atoms with Crippen LogP contribution in [0.15, 0.2) is 18.2 Å².